The predicted molar refractivity (Wildman–Crippen MR) is 91.0 cm³/mol. The second-order valence-corrected chi connectivity index (χ2v) is 6.45. The van der Waals surface area contributed by atoms with Gasteiger partial charge in [-0.05, 0) is 37.1 Å². The summed E-state index contributed by atoms with van der Waals surface area (Å²) in [5.74, 6) is -0.913. The van der Waals surface area contributed by atoms with E-state index in [1.807, 2.05) is 4.90 Å². The largest absolute Gasteiger partial charge is 0.506 e. The van der Waals surface area contributed by atoms with Gasteiger partial charge in [-0.1, -0.05) is 31.5 Å². The summed E-state index contributed by atoms with van der Waals surface area (Å²) >= 11 is 5.95. The van der Waals surface area contributed by atoms with E-state index in [4.69, 9.17) is 11.6 Å². The zero-order valence-corrected chi connectivity index (χ0v) is 14.5. The number of hydrogen-bond acceptors (Lipinski definition) is 4. The van der Waals surface area contributed by atoms with Crippen molar-refractivity contribution in [3.05, 3.63) is 28.8 Å². The van der Waals surface area contributed by atoms with Gasteiger partial charge in [0.2, 0.25) is 0 Å². The van der Waals surface area contributed by atoms with Crippen LogP contribution in [-0.2, 0) is 4.79 Å². The van der Waals surface area contributed by atoms with Gasteiger partial charge in [-0.25, -0.2) is 0 Å². The highest BCUT2D eigenvalue weighted by atomic mass is 35.5. The number of hydrogen-bond donors (Lipinski definition) is 2. The summed E-state index contributed by atoms with van der Waals surface area (Å²) < 4.78 is 0. The number of carboxylic acids is 1. The van der Waals surface area contributed by atoms with Crippen LogP contribution in [0.5, 0.6) is 5.75 Å². The number of halogens is 1. The molecule has 23 heavy (non-hydrogen) atoms. The highest BCUT2D eigenvalue weighted by Crippen LogP contribution is 2.31. The van der Waals surface area contributed by atoms with Crippen molar-refractivity contribution < 1.29 is 15.0 Å². The number of rotatable bonds is 6. The molecule has 128 valence electrons. The molecule has 0 amide bonds. The predicted octanol–water partition coefficient (Wildman–Crippen LogP) is 2.98. The number of aromatic hydroxyl groups is 1. The van der Waals surface area contributed by atoms with Crippen molar-refractivity contribution in [1.82, 2.24) is 9.80 Å². The van der Waals surface area contributed by atoms with Gasteiger partial charge in [-0.3, -0.25) is 14.6 Å². The van der Waals surface area contributed by atoms with Crippen LogP contribution in [0.1, 0.15) is 38.3 Å². The van der Waals surface area contributed by atoms with E-state index in [1.165, 1.54) is 6.07 Å². The first-order valence-corrected chi connectivity index (χ1v) is 8.55. The SMILES string of the molecule is CCCN1CCN(C(C(=O)O)c2ccc(O)c(Cl)c2)CC1CC. The highest BCUT2D eigenvalue weighted by Gasteiger charge is 2.34. The molecule has 2 rings (SSSR count). The van der Waals surface area contributed by atoms with Gasteiger partial charge >= 0.3 is 5.97 Å². The molecule has 1 fully saturated rings. The Morgan fingerprint density at radius 3 is 2.70 bits per heavy atom. The Bertz CT molecular complexity index is 553. The normalized spacial score (nSPS) is 21.3. The molecule has 0 bridgehead atoms. The second kappa shape index (κ2) is 7.99. The van der Waals surface area contributed by atoms with Crippen LogP contribution in [0.25, 0.3) is 0 Å². The van der Waals surface area contributed by atoms with Crippen molar-refractivity contribution in [2.75, 3.05) is 26.2 Å². The first kappa shape index (κ1) is 18.0. The van der Waals surface area contributed by atoms with Crippen molar-refractivity contribution in [3.63, 3.8) is 0 Å². The molecule has 0 aliphatic carbocycles. The van der Waals surface area contributed by atoms with Gasteiger partial charge < -0.3 is 10.2 Å². The van der Waals surface area contributed by atoms with Crippen LogP contribution in [0.3, 0.4) is 0 Å². The molecule has 1 saturated heterocycles. The Balaban J connectivity index is 2.21. The van der Waals surface area contributed by atoms with Crippen molar-refractivity contribution in [2.24, 2.45) is 0 Å². The summed E-state index contributed by atoms with van der Waals surface area (Å²) in [6, 6.07) is 4.29. The Labute approximate surface area is 142 Å². The first-order chi connectivity index (χ1) is 11.0. The highest BCUT2D eigenvalue weighted by molar-refractivity contribution is 6.32. The number of phenolic OH excluding ortho intramolecular Hbond substituents is 1. The zero-order valence-electron chi connectivity index (χ0n) is 13.7. The summed E-state index contributed by atoms with van der Waals surface area (Å²) in [5.41, 5.74) is 0.610. The lowest BCUT2D eigenvalue weighted by atomic mass is 10.0. The fraction of sp³-hybridized carbons (Fsp3) is 0.588. The number of aliphatic carboxylic acids is 1. The molecule has 1 aliphatic rings. The number of carboxylic acid groups (broad SMARTS) is 1. The fourth-order valence-electron chi connectivity index (χ4n) is 3.32. The Morgan fingerprint density at radius 2 is 2.13 bits per heavy atom. The summed E-state index contributed by atoms with van der Waals surface area (Å²) in [6.07, 6.45) is 2.10. The maximum atomic E-state index is 11.8. The van der Waals surface area contributed by atoms with Crippen LogP contribution in [0.2, 0.25) is 5.02 Å². The number of nitrogens with zero attached hydrogens (tertiary/aromatic N) is 2. The third-order valence-electron chi connectivity index (χ3n) is 4.50. The monoisotopic (exact) mass is 340 g/mol. The van der Waals surface area contributed by atoms with E-state index in [-0.39, 0.29) is 10.8 Å². The van der Waals surface area contributed by atoms with Crippen molar-refractivity contribution >= 4 is 17.6 Å². The molecule has 2 N–H and O–H groups in total. The van der Waals surface area contributed by atoms with E-state index >= 15 is 0 Å². The lowest BCUT2D eigenvalue weighted by Crippen LogP contribution is -2.54. The van der Waals surface area contributed by atoms with Crippen molar-refractivity contribution in [1.29, 1.82) is 0 Å². The second-order valence-electron chi connectivity index (χ2n) is 6.04. The number of carbonyl (C=O) groups is 1. The van der Waals surface area contributed by atoms with Gasteiger partial charge in [-0.2, -0.15) is 0 Å². The molecular formula is C17H25ClN2O3. The van der Waals surface area contributed by atoms with Gasteiger partial charge in [0.05, 0.1) is 5.02 Å². The molecule has 1 aromatic rings. The molecule has 0 saturated carbocycles. The number of benzene rings is 1. The van der Waals surface area contributed by atoms with E-state index in [9.17, 15) is 15.0 Å². The van der Waals surface area contributed by atoms with Gasteiger partial charge in [0.1, 0.15) is 11.8 Å². The zero-order chi connectivity index (χ0) is 17.0. The quantitative estimate of drug-likeness (QED) is 0.833. The summed E-state index contributed by atoms with van der Waals surface area (Å²) in [5, 5.41) is 19.4. The Morgan fingerprint density at radius 1 is 1.39 bits per heavy atom. The molecule has 1 aromatic carbocycles. The van der Waals surface area contributed by atoms with Gasteiger partial charge in [-0.15, -0.1) is 0 Å². The molecule has 2 atom stereocenters. The van der Waals surface area contributed by atoms with Crippen LogP contribution >= 0.6 is 11.6 Å². The number of piperazine rings is 1. The molecular weight excluding hydrogens is 316 g/mol. The van der Waals surface area contributed by atoms with Crippen LogP contribution in [0, 0.1) is 0 Å². The average molecular weight is 341 g/mol. The summed E-state index contributed by atoms with van der Waals surface area (Å²) in [7, 11) is 0. The van der Waals surface area contributed by atoms with Gasteiger partial charge in [0.15, 0.2) is 0 Å². The maximum Gasteiger partial charge on any atom is 0.325 e. The molecule has 6 heteroatoms. The topological polar surface area (TPSA) is 64.0 Å². The molecule has 0 spiro atoms. The lowest BCUT2D eigenvalue weighted by molar-refractivity contribution is -0.145. The van der Waals surface area contributed by atoms with E-state index in [0.717, 1.165) is 32.5 Å². The van der Waals surface area contributed by atoms with Crippen LogP contribution in [0.15, 0.2) is 18.2 Å². The van der Waals surface area contributed by atoms with E-state index in [0.29, 0.717) is 18.2 Å². The lowest BCUT2D eigenvalue weighted by Gasteiger charge is -2.43. The standard InChI is InChI=1S/C17H25ClN2O3/c1-3-7-19-8-9-20(11-13(19)4-2)16(17(22)23)12-5-6-15(21)14(18)10-12/h5-6,10,13,16,21H,3-4,7-9,11H2,1-2H3,(H,22,23). The first-order valence-electron chi connectivity index (χ1n) is 8.17. The smallest absolute Gasteiger partial charge is 0.325 e. The molecule has 0 radical (unpaired) electrons. The molecule has 1 heterocycles. The maximum absolute atomic E-state index is 11.8. The van der Waals surface area contributed by atoms with Crippen LogP contribution in [-0.4, -0.2) is 58.2 Å². The minimum atomic E-state index is -0.884. The Hall–Kier alpha value is -1.30. The Kier molecular flexibility index (Phi) is 6.27. The molecule has 1 aliphatic heterocycles. The average Bonchev–Trinajstić information content (AvgIpc) is 2.52. The van der Waals surface area contributed by atoms with E-state index < -0.39 is 12.0 Å². The third-order valence-corrected chi connectivity index (χ3v) is 4.81. The molecule has 0 aromatic heterocycles. The summed E-state index contributed by atoms with van der Waals surface area (Å²) in [6.45, 7) is 7.68. The van der Waals surface area contributed by atoms with Crippen LogP contribution < -0.4 is 0 Å². The third kappa shape index (κ3) is 4.16. The summed E-state index contributed by atoms with van der Waals surface area (Å²) in [4.78, 5) is 16.3. The van der Waals surface area contributed by atoms with Crippen molar-refractivity contribution in [2.45, 2.75) is 38.8 Å². The molecule has 5 nitrogen and oxygen atoms in total. The van der Waals surface area contributed by atoms with Gasteiger partial charge in [0.25, 0.3) is 0 Å². The van der Waals surface area contributed by atoms with E-state index in [1.54, 1.807) is 12.1 Å². The van der Waals surface area contributed by atoms with Crippen LogP contribution in [0.4, 0.5) is 0 Å². The molecule has 2 unspecified atom stereocenters. The fourth-order valence-corrected chi connectivity index (χ4v) is 3.51. The minimum absolute atomic E-state index is 0.0289. The minimum Gasteiger partial charge on any atom is -0.506 e. The number of phenols is 1. The van der Waals surface area contributed by atoms with Crippen molar-refractivity contribution in [3.8, 4) is 5.75 Å². The van der Waals surface area contributed by atoms with E-state index in [2.05, 4.69) is 18.7 Å². The van der Waals surface area contributed by atoms with Gasteiger partial charge in [0, 0.05) is 25.7 Å².